The maximum Gasteiger partial charge on any atom is 0.275 e. The first-order valence-electron chi connectivity index (χ1n) is 9.53. The van der Waals surface area contributed by atoms with E-state index in [1.165, 1.54) is 0 Å². The molecule has 3 rings (SSSR count). The lowest BCUT2D eigenvalue weighted by Gasteiger charge is -2.33. The molecule has 1 aromatic carbocycles. The summed E-state index contributed by atoms with van der Waals surface area (Å²) in [5.41, 5.74) is 0.430. The molecular weight excluding hydrogens is 360 g/mol. The molecule has 1 fully saturated rings. The molecule has 0 spiro atoms. The van der Waals surface area contributed by atoms with Gasteiger partial charge < -0.3 is 15.1 Å². The second-order valence-corrected chi connectivity index (χ2v) is 8.35. The van der Waals surface area contributed by atoms with Crippen molar-refractivity contribution in [3.05, 3.63) is 35.4 Å². The molecular formula is C20H27N4O4+. The van der Waals surface area contributed by atoms with Crippen LogP contribution in [0.2, 0.25) is 0 Å². The van der Waals surface area contributed by atoms with E-state index in [9.17, 15) is 19.2 Å². The van der Waals surface area contributed by atoms with Gasteiger partial charge in [0.05, 0.1) is 37.3 Å². The van der Waals surface area contributed by atoms with Crippen molar-refractivity contribution in [3.8, 4) is 0 Å². The maximum absolute atomic E-state index is 12.6. The van der Waals surface area contributed by atoms with E-state index < -0.39 is 11.8 Å². The highest BCUT2D eigenvalue weighted by atomic mass is 16.2. The highest BCUT2D eigenvalue weighted by Crippen LogP contribution is 2.22. The van der Waals surface area contributed by atoms with E-state index in [-0.39, 0.29) is 23.9 Å². The van der Waals surface area contributed by atoms with Crippen molar-refractivity contribution in [2.45, 2.75) is 26.3 Å². The summed E-state index contributed by atoms with van der Waals surface area (Å²) in [6.07, 6.45) is 0. The number of imide groups is 1. The highest BCUT2D eigenvalue weighted by Gasteiger charge is 2.37. The van der Waals surface area contributed by atoms with Gasteiger partial charge in [0.25, 0.3) is 17.7 Å². The Kier molecular flexibility index (Phi) is 5.51. The molecule has 0 unspecified atom stereocenters. The van der Waals surface area contributed by atoms with Crippen LogP contribution in [0.25, 0.3) is 0 Å². The Morgan fingerprint density at radius 1 is 1.04 bits per heavy atom. The van der Waals surface area contributed by atoms with Crippen LogP contribution in [0.5, 0.6) is 0 Å². The fraction of sp³-hybridized carbons (Fsp3) is 0.500. The second-order valence-electron chi connectivity index (χ2n) is 8.35. The number of hydrogen-bond donors (Lipinski definition) is 2. The zero-order valence-corrected chi connectivity index (χ0v) is 16.6. The molecule has 8 nitrogen and oxygen atoms in total. The summed E-state index contributed by atoms with van der Waals surface area (Å²) in [4.78, 5) is 53.3. The van der Waals surface area contributed by atoms with Gasteiger partial charge in [-0.15, -0.1) is 0 Å². The number of rotatable bonds is 4. The molecule has 8 heteroatoms. The lowest BCUT2D eigenvalue weighted by Crippen LogP contribution is -3.16. The van der Waals surface area contributed by atoms with Crippen molar-refractivity contribution in [3.63, 3.8) is 0 Å². The van der Waals surface area contributed by atoms with Gasteiger partial charge in [-0.1, -0.05) is 12.1 Å². The molecule has 0 bridgehead atoms. The summed E-state index contributed by atoms with van der Waals surface area (Å²) in [5.74, 6) is -1.09. The van der Waals surface area contributed by atoms with E-state index >= 15 is 0 Å². The SMILES string of the molecule is CC(C)(C)NC(=O)C[NH+]1CCN(C(=O)CN2C(=O)c3ccccc3C2=O)CC1. The number of nitrogens with zero attached hydrogens (tertiary/aromatic N) is 2. The summed E-state index contributed by atoms with van der Waals surface area (Å²) in [5, 5.41) is 2.95. The van der Waals surface area contributed by atoms with Crippen molar-refractivity contribution in [1.29, 1.82) is 0 Å². The fourth-order valence-electron chi connectivity index (χ4n) is 3.56. The zero-order valence-electron chi connectivity index (χ0n) is 16.6. The lowest BCUT2D eigenvalue weighted by atomic mass is 10.1. The predicted molar refractivity (Wildman–Crippen MR) is 102 cm³/mol. The maximum atomic E-state index is 12.6. The molecule has 1 aromatic rings. The number of benzene rings is 1. The average Bonchev–Trinajstić information content (AvgIpc) is 2.86. The monoisotopic (exact) mass is 387 g/mol. The van der Waals surface area contributed by atoms with Crippen LogP contribution < -0.4 is 10.2 Å². The van der Waals surface area contributed by atoms with Crippen LogP contribution in [0.4, 0.5) is 0 Å². The van der Waals surface area contributed by atoms with Gasteiger partial charge in [-0.25, -0.2) is 0 Å². The topological polar surface area (TPSA) is 91.2 Å². The van der Waals surface area contributed by atoms with Crippen molar-refractivity contribution < 1.29 is 24.1 Å². The molecule has 2 N–H and O–H groups in total. The van der Waals surface area contributed by atoms with Gasteiger partial charge >= 0.3 is 0 Å². The van der Waals surface area contributed by atoms with Crippen LogP contribution in [0, 0.1) is 0 Å². The zero-order chi connectivity index (χ0) is 20.5. The average molecular weight is 387 g/mol. The van der Waals surface area contributed by atoms with Crippen molar-refractivity contribution in [2.75, 3.05) is 39.3 Å². The van der Waals surface area contributed by atoms with Gasteiger partial charge in [-0.3, -0.25) is 24.1 Å². The van der Waals surface area contributed by atoms with Gasteiger partial charge in [0, 0.05) is 5.54 Å². The number of amides is 4. The number of carbonyl (C=O) groups is 4. The third-order valence-electron chi connectivity index (χ3n) is 4.92. The van der Waals surface area contributed by atoms with Crippen LogP contribution in [-0.2, 0) is 9.59 Å². The Bertz CT molecular complexity index is 772. The summed E-state index contributed by atoms with van der Waals surface area (Å²) in [7, 11) is 0. The Morgan fingerprint density at radius 3 is 2.07 bits per heavy atom. The van der Waals surface area contributed by atoms with Gasteiger partial charge in [-0.2, -0.15) is 0 Å². The third kappa shape index (κ3) is 4.39. The van der Waals surface area contributed by atoms with E-state index in [1.807, 2.05) is 20.8 Å². The molecule has 28 heavy (non-hydrogen) atoms. The van der Waals surface area contributed by atoms with E-state index in [0.717, 1.165) is 9.80 Å². The largest absolute Gasteiger partial charge is 0.347 e. The molecule has 2 aliphatic heterocycles. The summed E-state index contributed by atoms with van der Waals surface area (Å²) in [6, 6.07) is 6.61. The number of quaternary nitrogens is 1. The summed E-state index contributed by atoms with van der Waals surface area (Å²) in [6.45, 7) is 8.27. The minimum atomic E-state index is -0.419. The van der Waals surface area contributed by atoms with Crippen LogP contribution in [0.15, 0.2) is 24.3 Å². The van der Waals surface area contributed by atoms with Crippen molar-refractivity contribution in [2.24, 2.45) is 0 Å². The molecule has 0 aliphatic carbocycles. The molecule has 0 aromatic heterocycles. The van der Waals surface area contributed by atoms with Gasteiger partial charge in [0.1, 0.15) is 6.54 Å². The Hall–Kier alpha value is -2.74. The highest BCUT2D eigenvalue weighted by molar-refractivity contribution is 6.22. The van der Waals surface area contributed by atoms with Gasteiger partial charge in [0.15, 0.2) is 6.54 Å². The predicted octanol–water partition coefficient (Wildman–Crippen LogP) is -1.08. The lowest BCUT2D eigenvalue weighted by molar-refractivity contribution is -0.896. The molecule has 0 saturated carbocycles. The fourth-order valence-corrected chi connectivity index (χ4v) is 3.56. The van der Waals surface area contributed by atoms with Crippen LogP contribution in [0.3, 0.4) is 0 Å². The van der Waals surface area contributed by atoms with Gasteiger partial charge in [0.2, 0.25) is 5.91 Å². The Balaban J connectivity index is 1.51. The second kappa shape index (κ2) is 7.71. The quantitative estimate of drug-likeness (QED) is 0.644. The van der Waals surface area contributed by atoms with Gasteiger partial charge in [-0.05, 0) is 32.9 Å². The Morgan fingerprint density at radius 2 is 1.57 bits per heavy atom. The number of carbonyl (C=O) groups excluding carboxylic acids is 4. The summed E-state index contributed by atoms with van der Waals surface area (Å²) >= 11 is 0. The molecule has 1 saturated heterocycles. The van der Waals surface area contributed by atoms with Crippen LogP contribution in [0.1, 0.15) is 41.5 Å². The number of piperazine rings is 1. The number of hydrogen-bond acceptors (Lipinski definition) is 4. The van der Waals surface area contributed by atoms with Crippen molar-refractivity contribution in [1.82, 2.24) is 15.1 Å². The molecule has 2 aliphatic rings. The minimum absolute atomic E-state index is 0.00620. The standard InChI is InChI=1S/C20H26N4O4/c1-20(2,3)21-16(25)12-22-8-10-23(11-9-22)17(26)13-24-18(27)14-6-4-5-7-15(14)19(24)28/h4-7H,8-13H2,1-3H3,(H,21,25)/p+1. The first-order chi connectivity index (χ1) is 13.2. The number of nitrogens with one attached hydrogen (secondary N) is 2. The van der Waals surface area contributed by atoms with Crippen LogP contribution in [-0.4, -0.2) is 78.2 Å². The summed E-state index contributed by atoms with van der Waals surface area (Å²) < 4.78 is 0. The van der Waals surface area contributed by atoms with Crippen molar-refractivity contribution >= 4 is 23.6 Å². The first kappa shape index (κ1) is 20.0. The van der Waals surface area contributed by atoms with E-state index in [2.05, 4.69) is 5.32 Å². The molecule has 150 valence electrons. The molecule has 4 amide bonds. The van der Waals surface area contributed by atoms with E-state index in [0.29, 0.717) is 43.9 Å². The molecule has 0 radical (unpaired) electrons. The Labute approximate surface area is 164 Å². The minimum Gasteiger partial charge on any atom is -0.347 e. The normalized spacial score (nSPS) is 17.7. The number of fused-ring (bicyclic) bond motifs is 1. The third-order valence-corrected chi connectivity index (χ3v) is 4.92. The molecule has 0 atom stereocenters. The van der Waals surface area contributed by atoms with E-state index in [1.54, 1.807) is 29.2 Å². The van der Waals surface area contributed by atoms with E-state index in [4.69, 9.17) is 0 Å². The first-order valence-corrected chi connectivity index (χ1v) is 9.53. The smallest absolute Gasteiger partial charge is 0.275 e. The van der Waals surface area contributed by atoms with Crippen LogP contribution >= 0.6 is 0 Å². The molecule has 2 heterocycles.